The lowest BCUT2D eigenvalue weighted by Gasteiger charge is -2.05. The zero-order chi connectivity index (χ0) is 11.5. The largest absolute Gasteiger partial charge is 0.494 e. The van der Waals surface area contributed by atoms with Gasteiger partial charge in [-0.2, -0.15) is 0 Å². The van der Waals surface area contributed by atoms with Gasteiger partial charge in [-0.15, -0.1) is 0 Å². The number of nitrogens with one attached hydrogen (secondary N) is 1. The minimum Gasteiger partial charge on any atom is -0.494 e. The van der Waals surface area contributed by atoms with Gasteiger partial charge < -0.3 is 15.5 Å². The van der Waals surface area contributed by atoms with Crippen molar-refractivity contribution in [2.75, 3.05) is 6.61 Å². The number of H-pyrrole nitrogens is 1. The van der Waals surface area contributed by atoms with Crippen LogP contribution in [0, 0.1) is 0 Å². The number of pyridine rings is 1. The fourth-order valence-corrected chi connectivity index (χ4v) is 1.64. The molecule has 0 saturated carbocycles. The zero-order valence-corrected chi connectivity index (χ0v) is 9.12. The number of aromatic nitrogens is 1. The third kappa shape index (κ3) is 1.92. The van der Waals surface area contributed by atoms with E-state index in [0.29, 0.717) is 12.2 Å². The van der Waals surface area contributed by atoms with E-state index in [4.69, 9.17) is 10.5 Å². The molecule has 0 spiro atoms. The van der Waals surface area contributed by atoms with Gasteiger partial charge in [-0.1, -0.05) is 0 Å². The van der Waals surface area contributed by atoms with E-state index in [1.807, 2.05) is 25.1 Å². The Labute approximate surface area is 93.0 Å². The van der Waals surface area contributed by atoms with Crippen LogP contribution in [0.5, 0.6) is 5.75 Å². The average Bonchev–Trinajstić information content (AvgIpc) is 2.29. The van der Waals surface area contributed by atoms with Gasteiger partial charge in [-0.3, -0.25) is 4.79 Å². The Morgan fingerprint density at radius 1 is 1.38 bits per heavy atom. The summed E-state index contributed by atoms with van der Waals surface area (Å²) in [4.78, 5) is 14.3. The minimum absolute atomic E-state index is 0.126. The first kappa shape index (κ1) is 10.7. The molecule has 0 atom stereocenters. The SMILES string of the molecule is CCOc1ccc2[nH]c(=O)c(CN)cc2c1. The second-order valence-corrected chi connectivity index (χ2v) is 3.51. The van der Waals surface area contributed by atoms with Crippen LogP contribution >= 0.6 is 0 Å². The third-order valence-corrected chi connectivity index (χ3v) is 2.42. The highest BCUT2D eigenvalue weighted by Gasteiger charge is 2.02. The highest BCUT2D eigenvalue weighted by Crippen LogP contribution is 2.18. The Morgan fingerprint density at radius 2 is 2.19 bits per heavy atom. The second-order valence-electron chi connectivity index (χ2n) is 3.51. The summed E-state index contributed by atoms with van der Waals surface area (Å²) < 4.78 is 5.39. The maximum absolute atomic E-state index is 11.5. The predicted molar refractivity (Wildman–Crippen MR) is 63.6 cm³/mol. The van der Waals surface area contributed by atoms with Crippen LogP contribution in [0.25, 0.3) is 10.9 Å². The van der Waals surface area contributed by atoms with Gasteiger partial charge in [0.05, 0.1) is 6.61 Å². The Kier molecular flexibility index (Phi) is 2.92. The van der Waals surface area contributed by atoms with Gasteiger partial charge in [0.1, 0.15) is 5.75 Å². The molecule has 0 unspecified atom stereocenters. The number of nitrogens with two attached hydrogens (primary N) is 1. The molecule has 2 aromatic rings. The molecule has 1 heterocycles. The number of rotatable bonds is 3. The first-order valence-corrected chi connectivity index (χ1v) is 5.23. The van der Waals surface area contributed by atoms with Crippen LogP contribution in [0.3, 0.4) is 0 Å². The molecule has 0 aliphatic rings. The highest BCUT2D eigenvalue weighted by atomic mass is 16.5. The molecule has 0 aliphatic heterocycles. The summed E-state index contributed by atoms with van der Waals surface area (Å²) in [6, 6.07) is 7.37. The van der Waals surface area contributed by atoms with Crippen molar-refractivity contribution in [1.82, 2.24) is 4.98 Å². The highest BCUT2D eigenvalue weighted by molar-refractivity contribution is 5.80. The quantitative estimate of drug-likeness (QED) is 0.817. The van der Waals surface area contributed by atoms with Crippen LogP contribution in [0.4, 0.5) is 0 Å². The summed E-state index contributed by atoms with van der Waals surface area (Å²) in [6.45, 7) is 2.80. The number of hydrogen-bond acceptors (Lipinski definition) is 3. The predicted octanol–water partition coefficient (Wildman–Crippen LogP) is 1.39. The van der Waals surface area contributed by atoms with Gasteiger partial charge in [0.15, 0.2) is 0 Å². The molecule has 0 fully saturated rings. The molecule has 0 saturated heterocycles. The van der Waals surface area contributed by atoms with Crippen molar-refractivity contribution in [2.45, 2.75) is 13.5 Å². The van der Waals surface area contributed by atoms with Crippen molar-refractivity contribution < 1.29 is 4.74 Å². The fraction of sp³-hybridized carbons (Fsp3) is 0.250. The van der Waals surface area contributed by atoms with Crippen LogP contribution in [-0.2, 0) is 6.54 Å². The van der Waals surface area contributed by atoms with E-state index in [1.165, 1.54) is 0 Å². The number of hydrogen-bond donors (Lipinski definition) is 2. The minimum atomic E-state index is -0.126. The summed E-state index contributed by atoms with van der Waals surface area (Å²) in [7, 11) is 0. The normalized spacial score (nSPS) is 10.6. The fourth-order valence-electron chi connectivity index (χ4n) is 1.64. The maximum atomic E-state index is 11.5. The second kappa shape index (κ2) is 4.37. The van der Waals surface area contributed by atoms with Crippen LogP contribution < -0.4 is 16.0 Å². The number of aromatic amines is 1. The molecule has 2 rings (SSSR count). The van der Waals surface area contributed by atoms with Crippen LogP contribution in [0.2, 0.25) is 0 Å². The molecular formula is C12H14N2O2. The van der Waals surface area contributed by atoms with Crippen molar-refractivity contribution in [1.29, 1.82) is 0 Å². The lowest BCUT2D eigenvalue weighted by molar-refractivity contribution is 0.340. The van der Waals surface area contributed by atoms with E-state index < -0.39 is 0 Å². The van der Waals surface area contributed by atoms with Crippen LogP contribution in [-0.4, -0.2) is 11.6 Å². The number of benzene rings is 1. The summed E-state index contributed by atoms with van der Waals surface area (Å²) in [5.41, 5.74) is 6.74. The van der Waals surface area contributed by atoms with Gasteiger partial charge in [0, 0.05) is 23.0 Å². The van der Waals surface area contributed by atoms with Gasteiger partial charge in [0.2, 0.25) is 0 Å². The first-order valence-electron chi connectivity index (χ1n) is 5.23. The van der Waals surface area contributed by atoms with Crippen molar-refractivity contribution in [3.05, 3.63) is 40.2 Å². The Morgan fingerprint density at radius 3 is 2.88 bits per heavy atom. The van der Waals surface area contributed by atoms with E-state index in [-0.39, 0.29) is 12.1 Å². The van der Waals surface area contributed by atoms with Crippen molar-refractivity contribution >= 4 is 10.9 Å². The molecule has 4 nitrogen and oxygen atoms in total. The van der Waals surface area contributed by atoms with E-state index in [9.17, 15) is 4.79 Å². The molecule has 84 valence electrons. The summed E-state index contributed by atoms with van der Waals surface area (Å²) >= 11 is 0. The monoisotopic (exact) mass is 218 g/mol. The van der Waals surface area contributed by atoms with Crippen LogP contribution in [0.15, 0.2) is 29.1 Å². The summed E-state index contributed by atoms with van der Waals surface area (Å²) in [5, 5.41) is 0.936. The standard InChI is InChI=1S/C12H14N2O2/c1-2-16-10-3-4-11-8(6-10)5-9(7-13)12(15)14-11/h3-6H,2,7,13H2,1H3,(H,14,15). The van der Waals surface area contributed by atoms with Gasteiger partial charge in [-0.25, -0.2) is 0 Å². The molecule has 1 aromatic carbocycles. The topological polar surface area (TPSA) is 68.1 Å². The smallest absolute Gasteiger partial charge is 0.252 e. The van der Waals surface area contributed by atoms with E-state index in [1.54, 1.807) is 6.07 Å². The van der Waals surface area contributed by atoms with Gasteiger partial charge in [0.25, 0.3) is 5.56 Å². The third-order valence-electron chi connectivity index (χ3n) is 2.42. The maximum Gasteiger partial charge on any atom is 0.252 e. The molecule has 16 heavy (non-hydrogen) atoms. The lowest BCUT2D eigenvalue weighted by atomic mass is 10.1. The Balaban J connectivity index is 2.59. The molecule has 0 aliphatic carbocycles. The summed E-state index contributed by atoms with van der Waals surface area (Å²) in [5.74, 6) is 0.796. The number of fused-ring (bicyclic) bond motifs is 1. The van der Waals surface area contributed by atoms with Crippen LogP contribution in [0.1, 0.15) is 12.5 Å². The van der Waals surface area contributed by atoms with Gasteiger partial charge in [-0.05, 0) is 31.2 Å². The molecule has 3 N–H and O–H groups in total. The van der Waals surface area contributed by atoms with Gasteiger partial charge >= 0.3 is 0 Å². The lowest BCUT2D eigenvalue weighted by Crippen LogP contribution is -2.15. The molecular weight excluding hydrogens is 204 g/mol. The molecule has 4 heteroatoms. The van der Waals surface area contributed by atoms with Crippen molar-refractivity contribution in [2.24, 2.45) is 5.73 Å². The van der Waals surface area contributed by atoms with E-state index >= 15 is 0 Å². The summed E-state index contributed by atoms with van der Waals surface area (Å²) in [6.07, 6.45) is 0. The first-order chi connectivity index (χ1) is 7.74. The molecule has 1 aromatic heterocycles. The average molecular weight is 218 g/mol. The Bertz CT molecular complexity index is 560. The molecule has 0 radical (unpaired) electrons. The zero-order valence-electron chi connectivity index (χ0n) is 9.12. The van der Waals surface area contributed by atoms with E-state index in [2.05, 4.69) is 4.98 Å². The number of ether oxygens (including phenoxy) is 1. The molecule has 0 bridgehead atoms. The Hall–Kier alpha value is -1.81. The van der Waals surface area contributed by atoms with Crippen molar-refractivity contribution in [3.63, 3.8) is 0 Å². The van der Waals surface area contributed by atoms with E-state index in [0.717, 1.165) is 16.7 Å². The van der Waals surface area contributed by atoms with Crippen molar-refractivity contribution in [3.8, 4) is 5.75 Å². The molecule has 0 amide bonds.